The van der Waals surface area contributed by atoms with Gasteiger partial charge in [0.2, 0.25) is 5.88 Å². The van der Waals surface area contributed by atoms with Gasteiger partial charge >= 0.3 is 5.97 Å². The predicted molar refractivity (Wildman–Crippen MR) is 125 cm³/mol. The summed E-state index contributed by atoms with van der Waals surface area (Å²) in [7, 11) is 0. The summed E-state index contributed by atoms with van der Waals surface area (Å²) >= 11 is 6.21. The molecule has 0 amide bonds. The maximum atomic E-state index is 11.3. The lowest BCUT2D eigenvalue weighted by molar-refractivity contribution is -0.142. The quantitative estimate of drug-likeness (QED) is 0.309. The predicted octanol–water partition coefficient (Wildman–Crippen LogP) is 3.89. The highest BCUT2D eigenvalue weighted by molar-refractivity contribution is 6.30. The number of halogens is 1. The van der Waals surface area contributed by atoms with Crippen LogP contribution in [-0.2, 0) is 11.3 Å². The minimum absolute atomic E-state index is 0.281. The number of nitrogens with two attached hydrogens (primary N) is 2. The lowest BCUT2D eigenvalue weighted by atomic mass is 10.0. The van der Waals surface area contributed by atoms with Crippen LogP contribution in [0.2, 0.25) is 5.02 Å². The molecule has 4 rings (SSSR count). The third kappa shape index (κ3) is 5.82. The molecule has 2 aliphatic rings. The second kappa shape index (κ2) is 9.94. The van der Waals surface area contributed by atoms with E-state index in [1.165, 1.54) is 12.8 Å². The molecule has 1 aliphatic carbocycles. The fourth-order valence-corrected chi connectivity index (χ4v) is 4.30. The van der Waals surface area contributed by atoms with Crippen molar-refractivity contribution in [3.63, 3.8) is 0 Å². The number of nitrogens with zero attached hydrogens (tertiary/aromatic N) is 3. The van der Waals surface area contributed by atoms with Gasteiger partial charge < -0.3 is 20.6 Å². The number of likely N-dealkylation sites (tertiary alicyclic amines) is 1. The molecule has 1 saturated heterocycles. The van der Waals surface area contributed by atoms with Gasteiger partial charge in [0.05, 0.1) is 22.3 Å². The van der Waals surface area contributed by atoms with Crippen molar-refractivity contribution in [2.75, 3.05) is 30.4 Å². The van der Waals surface area contributed by atoms with E-state index in [9.17, 15) is 9.90 Å². The molecule has 172 valence electrons. The van der Waals surface area contributed by atoms with Crippen molar-refractivity contribution in [3.05, 3.63) is 41.0 Å². The fourth-order valence-electron chi connectivity index (χ4n) is 4.12. The molecular formula is C23H30ClN5O3. The van der Waals surface area contributed by atoms with Crippen LogP contribution in [0.5, 0.6) is 11.6 Å². The maximum absolute atomic E-state index is 11.3. The Morgan fingerprint density at radius 3 is 2.78 bits per heavy atom. The summed E-state index contributed by atoms with van der Waals surface area (Å²) in [4.78, 5) is 18.0. The van der Waals surface area contributed by atoms with E-state index in [4.69, 9.17) is 27.9 Å². The Morgan fingerprint density at radius 1 is 1.25 bits per heavy atom. The molecule has 1 aromatic heterocycles. The number of benzene rings is 1. The fraction of sp³-hybridized carbons (Fsp3) is 0.478. The second-order valence-electron chi connectivity index (χ2n) is 8.78. The highest BCUT2D eigenvalue weighted by Gasteiger charge is 2.25. The lowest BCUT2D eigenvalue weighted by Crippen LogP contribution is -2.33. The van der Waals surface area contributed by atoms with Gasteiger partial charge in [-0.2, -0.15) is 0 Å². The van der Waals surface area contributed by atoms with Crippen LogP contribution in [0.1, 0.15) is 37.7 Å². The molecule has 1 aliphatic heterocycles. The van der Waals surface area contributed by atoms with Crippen LogP contribution < -0.4 is 21.3 Å². The van der Waals surface area contributed by atoms with Crippen LogP contribution >= 0.6 is 11.6 Å². The Morgan fingerprint density at radius 2 is 2.06 bits per heavy atom. The van der Waals surface area contributed by atoms with E-state index in [1.54, 1.807) is 17.3 Å². The van der Waals surface area contributed by atoms with Crippen molar-refractivity contribution < 1.29 is 14.6 Å². The molecule has 9 heteroatoms. The van der Waals surface area contributed by atoms with Crippen molar-refractivity contribution in [3.8, 4) is 11.6 Å². The number of hydrogen-bond donors (Lipinski definition) is 3. The molecule has 1 unspecified atom stereocenters. The van der Waals surface area contributed by atoms with Crippen LogP contribution in [0.15, 0.2) is 30.5 Å². The SMILES string of the molecule is Nc1cc(Oc2ncc(Cl)cc2CN2CCCC(C(=O)O)CC2)ccc1N(N)CC1CC1. The number of carboxylic acid groups (broad SMARTS) is 1. The average Bonchev–Trinajstić information content (AvgIpc) is 3.57. The Kier molecular flexibility index (Phi) is 7.03. The number of nitrogen functional groups attached to an aromatic ring is 1. The summed E-state index contributed by atoms with van der Waals surface area (Å²) in [5.41, 5.74) is 8.42. The Balaban J connectivity index is 1.46. The number of hydrazine groups is 1. The Labute approximate surface area is 193 Å². The number of rotatable bonds is 8. The standard InChI is InChI=1S/C23H30ClN5O3/c24-18-10-17(14-28-8-1-2-16(7-9-28)23(30)31)22(27-12-18)32-19-5-6-21(20(25)11-19)29(26)13-15-3-4-15/h5-6,10-12,15-16H,1-4,7-9,13-14,25-26H2,(H,30,31). The van der Waals surface area contributed by atoms with E-state index in [2.05, 4.69) is 9.88 Å². The van der Waals surface area contributed by atoms with Gasteiger partial charge in [0.1, 0.15) is 5.75 Å². The third-order valence-corrected chi connectivity index (χ3v) is 6.34. The van der Waals surface area contributed by atoms with Crippen LogP contribution in [-0.4, -0.2) is 40.6 Å². The second-order valence-corrected chi connectivity index (χ2v) is 9.21. The van der Waals surface area contributed by atoms with Gasteiger partial charge in [0.25, 0.3) is 0 Å². The number of aromatic nitrogens is 1. The minimum atomic E-state index is -0.713. The van der Waals surface area contributed by atoms with Crippen molar-refractivity contribution in [1.82, 2.24) is 9.88 Å². The van der Waals surface area contributed by atoms with E-state index >= 15 is 0 Å². The first-order valence-electron chi connectivity index (χ1n) is 11.1. The van der Waals surface area contributed by atoms with Crippen molar-refractivity contribution in [2.24, 2.45) is 17.7 Å². The van der Waals surface area contributed by atoms with Gasteiger partial charge in [-0.05, 0) is 69.3 Å². The summed E-state index contributed by atoms with van der Waals surface area (Å²) in [6.45, 7) is 2.91. The van der Waals surface area contributed by atoms with Gasteiger partial charge in [0.15, 0.2) is 0 Å². The molecule has 2 aromatic rings. The molecule has 1 aromatic carbocycles. The van der Waals surface area contributed by atoms with Crippen LogP contribution in [0, 0.1) is 11.8 Å². The summed E-state index contributed by atoms with van der Waals surface area (Å²) in [5, 5.41) is 11.5. The van der Waals surface area contributed by atoms with Gasteiger partial charge in [-0.15, -0.1) is 0 Å². The van der Waals surface area contributed by atoms with Crippen molar-refractivity contribution >= 4 is 28.9 Å². The zero-order valence-electron chi connectivity index (χ0n) is 18.0. The number of carbonyl (C=O) groups is 1. The summed E-state index contributed by atoms with van der Waals surface area (Å²) < 4.78 is 6.08. The molecule has 5 N–H and O–H groups in total. The first-order chi connectivity index (χ1) is 15.4. The monoisotopic (exact) mass is 459 g/mol. The highest BCUT2D eigenvalue weighted by atomic mass is 35.5. The van der Waals surface area contributed by atoms with Crippen LogP contribution in [0.4, 0.5) is 11.4 Å². The molecule has 0 bridgehead atoms. The number of aliphatic carboxylic acids is 1. The van der Waals surface area contributed by atoms with E-state index in [1.807, 2.05) is 18.2 Å². The summed E-state index contributed by atoms with van der Waals surface area (Å²) in [6, 6.07) is 7.30. The third-order valence-electron chi connectivity index (χ3n) is 6.13. The Hall–Kier alpha value is -2.55. The average molecular weight is 460 g/mol. The van der Waals surface area contributed by atoms with Crippen LogP contribution in [0.3, 0.4) is 0 Å². The number of pyridine rings is 1. The molecular weight excluding hydrogens is 430 g/mol. The van der Waals surface area contributed by atoms with E-state index in [-0.39, 0.29) is 5.92 Å². The van der Waals surface area contributed by atoms with Crippen molar-refractivity contribution in [1.29, 1.82) is 0 Å². The number of carboxylic acids is 1. The zero-order valence-corrected chi connectivity index (χ0v) is 18.8. The van der Waals surface area contributed by atoms with Gasteiger partial charge in [0, 0.05) is 30.9 Å². The van der Waals surface area contributed by atoms with Crippen LogP contribution in [0.25, 0.3) is 0 Å². The first-order valence-corrected chi connectivity index (χ1v) is 11.5. The normalized spacial score (nSPS) is 19.4. The summed E-state index contributed by atoms with van der Waals surface area (Å²) in [5.74, 6) is 6.86. The molecule has 0 radical (unpaired) electrons. The minimum Gasteiger partial charge on any atom is -0.481 e. The molecule has 32 heavy (non-hydrogen) atoms. The molecule has 2 heterocycles. The van der Waals surface area contributed by atoms with Gasteiger partial charge in [-0.25, -0.2) is 10.8 Å². The van der Waals surface area contributed by atoms with E-state index in [0.29, 0.717) is 54.2 Å². The number of ether oxygens (including phenoxy) is 1. The summed E-state index contributed by atoms with van der Waals surface area (Å²) in [6.07, 6.45) is 6.16. The van der Waals surface area contributed by atoms with Gasteiger partial charge in [-0.3, -0.25) is 9.69 Å². The molecule has 0 spiro atoms. The largest absolute Gasteiger partial charge is 0.481 e. The molecule has 1 atom stereocenters. The number of hydrogen-bond acceptors (Lipinski definition) is 7. The topological polar surface area (TPSA) is 118 Å². The van der Waals surface area contributed by atoms with Crippen molar-refractivity contribution in [2.45, 2.75) is 38.6 Å². The highest BCUT2D eigenvalue weighted by Crippen LogP contribution is 2.34. The zero-order chi connectivity index (χ0) is 22.7. The Bertz CT molecular complexity index is 969. The maximum Gasteiger partial charge on any atom is 0.306 e. The van der Waals surface area contributed by atoms with Gasteiger partial charge in [-0.1, -0.05) is 11.6 Å². The number of anilines is 2. The molecule has 1 saturated carbocycles. The molecule has 8 nitrogen and oxygen atoms in total. The first kappa shape index (κ1) is 22.6. The van der Waals surface area contributed by atoms with E-state index < -0.39 is 5.97 Å². The smallest absolute Gasteiger partial charge is 0.306 e. The van der Waals surface area contributed by atoms with E-state index in [0.717, 1.165) is 30.8 Å². The molecule has 2 fully saturated rings. The lowest BCUT2D eigenvalue weighted by Gasteiger charge is -2.22.